The fourth-order valence-electron chi connectivity index (χ4n) is 2.33. The molecule has 0 saturated carbocycles. The molecule has 2 N–H and O–H groups in total. The molecule has 2 rings (SSSR count). The van der Waals surface area contributed by atoms with Crippen LogP contribution in [0.4, 0.5) is 23.2 Å². The summed E-state index contributed by atoms with van der Waals surface area (Å²) in [4.78, 5) is 37.8. The number of rotatable bonds is 6. The van der Waals surface area contributed by atoms with Crippen molar-refractivity contribution in [2.75, 3.05) is 6.54 Å². The first-order valence-corrected chi connectivity index (χ1v) is 8.76. The van der Waals surface area contributed by atoms with Crippen LogP contribution in [-0.2, 0) is 19.7 Å². The molecule has 11 nitrogen and oxygen atoms in total. The molecule has 0 bridgehead atoms. The van der Waals surface area contributed by atoms with Crippen LogP contribution in [0.5, 0.6) is 0 Å². The standard InChI is InChI=1S/C13H8F4N5O6S/c14-7-6(11(20-21-18)10(17)9(16)8(7)15)12(24)19-1-2-22-5(23)3-4(13(22)25)29(26,27)28/h2,4H,1,3H2,(H,19,24)(H,26,27,28). The largest absolute Gasteiger partial charge is 0.350 e. The second-order valence-corrected chi connectivity index (χ2v) is 6.97. The van der Waals surface area contributed by atoms with E-state index in [0.717, 1.165) is 0 Å². The van der Waals surface area contributed by atoms with E-state index in [2.05, 4.69) is 10.0 Å². The average Bonchev–Trinajstić information content (AvgIpc) is 2.93. The second kappa shape index (κ2) is 8.02. The van der Waals surface area contributed by atoms with Crippen molar-refractivity contribution in [1.29, 1.82) is 0 Å². The van der Waals surface area contributed by atoms with Gasteiger partial charge in [-0.25, -0.2) is 17.6 Å². The molecule has 1 radical (unpaired) electrons. The molecule has 1 atom stereocenters. The Labute approximate surface area is 158 Å². The van der Waals surface area contributed by atoms with Gasteiger partial charge in [-0.15, -0.1) is 0 Å². The Kier molecular flexibility index (Phi) is 6.10. The molecule has 1 saturated heterocycles. The summed E-state index contributed by atoms with van der Waals surface area (Å²) in [7, 11) is -4.87. The van der Waals surface area contributed by atoms with Crippen LogP contribution < -0.4 is 5.32 Å². The topological polar surface area (TPSA) is 170 Å². The molecule has 1 fully saturated rings. The van der Waals surface area contributed by atoms with Gasteiger partial charge in [0.2, 0.25) is 5.91 Å². The fraction of sp³-hybridized carbons (Fsp3) is 0.231. The number of nitrogens with one attached hydrogen (secondary N) is 1. The maximum atomic E-state index is 13.9. The molecule has 0 spiro atoms. The average molecular weight is 438 g/mol. The zero-order valence-electron chi connectivity index (χ0n) is 13.8. The van der Waals surface area contributed by atoms with Crippen molar-refractivity contribution in [2.24, 2.45) is 5.11 Å². The van der Waals surface area contributed by atoms with Crippen LogP contribution >= 0.6 is 0 Å². The first kappa shape index (κ1) is 22.1. The number of likely N-dealkylation sites (tertiary alicyclic amines) is 1. The number of carbonyl (C=O) groups excluding carboxylic acids is 3. The number of amides is 3. The number of hydrogen-bond donors (Lipinski definition) is 2. The van der Waals surface area contributed by atoms with Crippen molar-refractivity contribution >= 4 is 33.5 Å². The van der Waals surface area contributed by atoms with Crippen LogP contribution in [0.25, 0.3) is 10.4 Å². The summed E-state index contributed by atoms with van der Waals surface area (Å²) in [5.41, 5.74) is 5.38. The van der Waals surface area contributed by atoms with Crippen LogP contribution in [0.1, 0.15) is 16.8 Å². The smallest absolute Gasteiger partial charge is 0.277 e. The third-order valence-corrected chi connectivity index (χ3v) is 4.74. The second-order valence-electron chi connectivity index (χ2n) is 5.37. The van der Waals surface area contributed by atoms with Crippen LogP contribution in [0.3, 0.4) is 0 Å². The lowest BCUT2D eigenvalue weighted by Gasteiger charge is -2.15. The molecule has 1 heterocycles. The molecule has 3 amide bonds. The summed E-state index contributed by atoms with van der Waals surface area (Å²) in [5, 5.41) is 2.37. The maximum absolute atomic E-state index is 13.9. The summed E-state index contributed by atoms with van der Waals surface area (Å²) in [5.74, 6) is -12.9. The molecule has 16 heteroatoms. The number of hydrogen-bond acceptors (Lipinski definition) is 6. The molecule has 1 aliphatic rings. The van der Waals surface area contributed by atoms with Gasteiger partial charge in [0.15, 0.2) is 28.5 Å². The maximum Gasteiger partial charge on any atom is 0.277 e. The van der Waals surface area contributed by atoms with E-state index >= 15 is 0 Å². The van der Waals surface area contributed by atoms with Gasteiger partial charge in [-0.3, -0.25) is 23.8 Å². The van der Waals surface area contributed by atoms with E-state index in [0.29, 0.717) is 6.54 Å². The Balaban J connectivity index is 2.20. The third-order valence-electron chi connectivity index (χ3n) is 3.65. The molecule has 1 unspecified atom stereocenters. The third kappa shape index (κ3) is 4.13. The molecular formula is C13H8F4N5O6S. The van der Waals surface area contributed by atoms with Crippen molar-refractivity contribution in [3.63, 3.8) is 0 Å². The Morgan fingerprint density at radius 1 is 1.24 bits per heavy atom. The van der Waals surface area contributed by atoms with Gasteiger partial charge in [0.25, 0.3) is 21.9 Å². The number of nitrogens with zero attached hydrogens (tertiary/aromatic N) is 4. The quantitative estimate of drug-likeness (QED) is 0.0984. The van der Waals surface area contributed by atoms with Crippen molar-refractivity contribution < 1.29 is 44.9 Å². The molecule has 155 valence electrons. The first-order valence-electron chi connectivity index (χ1n) is 7.26. The lowest BCUT2D eigenvalue weighted by Crippen LogP contribution is -2.37. The molecule has 1 aromatic rings. The van der Waals surface area contributed by atoms with Gasteiger partial charge < -0.3 is 5.32 Å². The van der Waals surface area contributed by atoms with Gasteiger partial charge in [0, 0.05) is 11.5 Å². The minimum atomic E-state index is -4.87. The minimum absolute atomic E-state index is 0.259. The highest BCUT2D eigenvalue weighted by molar-refractivity contribution is 7.87. The number of azide groups is 1. The van der Waals surface area contributed by atoms with Crippen LogP contribution in [0.2, 0.25) is 0 Å². The molecule has 1 aliphatic heterocycles. The summed E-state index contributed by atoms with van der Waals surface area (Å²) in [6, 6.07) is 0. The highest BCUT2D eigenvalue weighted by atomic mass is 32.2. The van der Waals surface area contributed by atoms with E-state index in [4.69, 9.17) is 10.1 Å². The Morgan fingerprint density at radius 2 is 1.83 bits per heavy atom. The number of benzene rings is 1. The van der Waals surface area contributed by atoms with Gasteiger partial charge >= 0.3 is 0 Å². The SMILES string of the molecule is [N-]=[N+]=Nc1c(F)c(F)c(F)c(F)c1C(=O)NC[CH]N1C(=O)CC(S(=O)(=O)O)C1=O. The van der Waals surface area contributed by atoms with Crippen molar-refractivity contribution in [3.8, 4) is 0 Å². The lowest BCUT2D eigenvalue weighted by molar-refractivity contribution is -0.136. The summed E-state index contributed by atoms with van der Waals surface area (Å²) in [6.45, 7) is -0.126. The van der Waals surface area contributed by atoms with E-state index in [1.54, 1.807) is 5.32 Å². The van der Waals surface area contributed by atoms with Gasteiger partial charge in [-0.1, -0.05) is 5.11 Å². The number of halogens is 4. The number of carbonyl (C=O) groups is 3. The molecule has 1 aromatic carbocycles. The molecule has 0 aromatic heterocycles. The van der Waals surface area contributed by atoms with Crippen molar-refractivity contribution in [3.05, 3.63) is 45.8 Å². The van der Waals surface area contributed by atoms with Crippen LogP contribution in [-0.4, -0.2) is 47.4 Å². The zero-order valence-corrected chi connectivity index (χ0v) is 14.6. The van der Waals surface area contributed by atoms with Crippen LogP contribution in [0, 0.1) is 29.8 Å². The monoisotopic (exact) mass is 438 g/mol. The number of imide groups is 1. The lowest BCUT2D eigenvalue weighted by atomic mass is 10.1. The zero-order chi connectivity index (χ0) is 22.1. The Hall–Kier alpha value is -3.23. The van der Waals surface area contributed by atoms with E-state index in [1.165, 1.54) is 0 Å². The van der Waals surface area contributed by atoms with Crippen molar-refractivity contribution in [2.45, 2.75) is 11.7 Å². The van der Waals surface area contributed by atoms with E-state index in [1.807, 2.05) is 0 Å². The van der Waals surface area contributed by atoms with Gasteiger partial charge in [0.1, 0.15) is 0 Å². The Bertz CT molecular complexity index is 1070. The van der Waals surface area contributed by atoms with E-state index in [-0.39, 0.29) is 4.90 Å². The molecular weight excluding hydrogens is 430 g/mol. The summed E-state index contributed by atoms with van der Waals surface area (Å²) >= 11 is 0. The molecule has 29 heavy (non-hydrogen) atoms. The van der Waals surface area contributed by atoms with Crippen LogP contribution in [0.15, 0.2) is 5.11 Å². The summed E-state index contributed by atoms with van der Waals surface area (Å²) in [6.07, 6.45) is -0.869. The predicted molar refractivity (Wildman–Crippen MR) is 83.5 cm³/mol. The summed E-state index contributed by atoms with van der Waals surface area (Å²) < 4.78 is 85.0. The van der Waals surface area contributed by atoms with Gasteiger partial charge in [-0.05, 0) is 5.53 Å². The predicted octanol–water partition coefficient (Wildman–Crippen LogP) is 1.09. The van der Waals surface area contributed by atoms with Crippen molar-refractivity contribution in [1.82, 2.24) is 10.2 Å². The van der Waals surface area contributed by atoms with Gasteiger partial charge in [-0.2, -0.15) is 8.42 Å². The van der Waals surface area contributed by atoms with E-state index in [9.17, 15) is 40.4 Å². The minimum Gasteiger partial charge on any atom is -0.350 e. The molecule has 0 aliphatic carbocycles. The highest BCUT2D eigenvalue weighted by Gasteiger charge is 2.45. The van der Waals surface area contributed by atoms with Gasteiger partial charge in [0.05, 0.1) is 24.2 Å². The Morgan fingerprint density at radius 3 is 2.34 bits per heavy atom. The fourth-order valence-corrected chi connectivity index (χ4v) is 3.05. The van der Waals surface area contributed by atoms with E-state index < -0.39 is 80.6 Å². The highest BCUT2D eigenvalue weighted by Crippen LogP contribution is 2.31. The first-order chi connectivity index (χ1) is 13.4. The normalized spacial score (nSPS) is 16.7.